The minimum absolute atomic E-state index is 0.268. The van der Waals surface area contributed by atoms with Crippen molar-refractivity contribution < 1.29 is 5.11 Å². The second-order valence-corrected chi connectivity index (χ2v) is 15.4. The molecule has 3 heteroatoms. The van der Waals surface area contributed by atoms with E-state index in [1.807, 2.05) is 0 Å². The Morgan fingerprint density at radius 1 is 0.786 bits per heavy atom. The van der Waals surface area contributed by atoms with Gasteiger partial charge in [0.25, 0.3) is 0 Å². The number of rotatable bonds is 1. The van der Waals surface area contributed by atoms with E-state index in [9.17, 15) is 5.11 Å². The molecule has 0 radical (unpaired) electrons. The van der Waals surface area contributed by atoms with Gasteiger partial charge in [-0.2, -0.15) is 0 Å². The Balaban J connectivity index is 2.07. The minimum Gasteiger partial charge on any atom is -0.376 e. The maximum atomic E-state index is 12.7. The summed E-state index contributed by atoms with van der Waals surface area (Å²) >= 11 is 3.80. The van der Waals surface area contributed by atoms with Gasteiger partial charge in [0.15, 0.2) is 0 Å². The molecular formula is C25H25BrOSi. The van der Waals surface area contributed by atoms with Crippen molar-refractivity contribution in [1.82, 2.24) is 0 Å². The van der Waals surface area contributed by atoms with Crippen LogP contribution >= 0.6 is 15.9 Å². The number of hydrogen-bond donors (Lipinski definition) is 1. The maximum absolute atomic E-state index is 12.7. The first kappa shape index (κ1) is 18.4. The van der Waals surface area contributed by atoms with E-state index < -0.39 is 13.7 Å². The molecule has 142 valence electrons. The quantitative estimate of drug-likeness (QED) is 0.482. The Hall–Kier alpha value is -1.68. The molecule has 0 saturated heterocycles. The molecule has 0 aliphatic heterocycles. The van der Waals surface area contributed by atoms with Crippen LogP contribution in [-0.4, -0.2) is 13.2 Å². The second kappa shape index (κ2) is 5.47. The Kier molecular flexibility index (Phi) is 3.58. The van der Waals surface area contributed by atoms with Crippen molar-refractivity contribution in [3.63, 3.8) is 0 Å². The zero-order valence-corrected chi connectivity index (χ0v) is 19.6. The van der Waals surface area contributed by atoms with E-state index in [4.69, 9.17) is 0 Å². The van der Waals surface area contributed by atoms with Crippen molar-refractivity contribution in [3.05, 3.63) is 98.0 Å². The molecule has 3 aliphatic rings. The molecular weight excluding hydrogens is 424 g/mol. The van der Waals surface area contributed by atoms with Crippen molar-refractivity contribution in [2.45, 2.75) is 44.5 Å². The maximum Gasteiger partial charge on any atom is 0.142 e. The lowest BCUT2D eigenvalue weighted by Gasteiger charge is -2.55. The molecule has 6 rings (SSSR count). The molecule has 3 aromatic carbocycles. The van der Waals surface area contributed by atoms with Crippen molar-refractivity contribution in [1.29, 1.82) is 0 Å². The van der Waals surface area contributed by atoms with Crippen LogP contribution in [0.15, 0.2) is 59.1 Å². The van der Waals surface area contributed by atoms with E-state index in [2.05, 4.69) is 104 Å². The molecule has 2 unspecified atom stereocenters. The summed E-state index contributed by atoms with van der Waals surface area (Å²) in [7, 11) is -1.68. The third-order valence-corrected chi connectivity index (χ3v) is 9.55. The summed E-state index contributed by atoms with van der Waals surface area (Å²) in [6.45, 7) is 11.6. The molecule has 1 nitrogen and oxygen atoms in total. The molecule has 0 saturated carbocycles. The first-order valence-corrected chi connectivity index (χ1v) is 14.2. The van der Waals surface area contributed by atoms with Crippen molar-refractivity contribution >= 4 is 29.2 Å². The Labute approximate surface area is 176 Å². The summed E-state index contributed by atoms with van der Waals surface area (Å²) in [6, 6.07) is 19.5. The van der Waals surface area contributed by atoms with Gasteiger partial charge >= 0.3 is 0 Å². The Morgan fingerprint density at radius 2 is 1.32 bits per heavy atom. The fourth-order valence-electron chi connectivity index (χ4n) is 5.67. The molecule has 28 heavy (non-hydrogen) atoms. The number of aryl methyl sites for hydroxylation is 1. The molecule has 0 aromatic heterocycles. The Morgan fingerprint density at radius 3 is 1.96 bits per heavy atom. The predicted octanol–water partition coefficient (Wildman–Crippen LogP) is 5.57. The monoisotopic (exact) mass is 448 g/mol. The second-order valence-electron chi connectivity index (χ2n) is 9.47. The van der Waals surface area contributed by atoms with Crippen LogP contribution in [0.5, 0.6) is 0 Å². The van der Waals surface area contributed by atoms with Gasteiger partial charge in [0.05, 0.1) is 8.07 Å². The summed E-state index contributed by atoms with van der Waals surface area (Å²) in [5.41, 5.74) is 6.71. The average molecular weight is 449 g/mol. The van der Waals surface area contributed by atoms with Gasteiger partial charge in [-0.15, -0.1) is 0 Å². The summed E-state index contributed by atoms with van der Waals surface area (Å²) in [5.74, 6) is 0. The highest BCUT2D eigenvalue weighted by Gasteiger charge is 2.58. The van der Waals surface area contributed by atoms with Crippen LogP contribution in [0.3, 0.4) is 0 Å². The van der Waals surface area contributed by atoms with E-state index in [-0.39, 0.29) is 5.41 Å². The van der Waals surface area contributed by atoms with Crippen LogP contribution in [0.25, 0.3) is 0 Å². The van der Waals surface area contributed by atoms with E-state index in [1.165, 1.54) is 21.9 Å². The molecule has 0 amide bonds. The van der Waals surface area contributed by atoms with Crippen molar-refractivity contribution in [2.75, 3.05) is 0 Å². The first-order valence-electron chi connectivity index (χ1n) is 9.89. The predicted molar refractivity (Wildman–Crippen MR) is 122 cm³/mol. The van der Waals surface area contributed by atoms with Crippen LogP contribution < -0.4 is 5.19 Å². The van der Waals surface area contributed by atoms with Crippen LogP contribution in [0.1, 0.15) is 45.9 Å². The smallest absolute Gasteiger partial charge is 0.142 e. The van der Waals surface area contributed by atoms with Crippen LogP contribution in [0.2, 0.25) is 19.6 Å². The molecule has 2 atom stereocenters. The highest BCUT2D eigenvalue weighted by molar-refractivity contribution is 9.10. The van der Waals surface area contributed by atoms with E-state index in [1.54, 1.807) is 0 Å². The van der Waals surface area contributed by atoms with Crippen molar-refractivity contribution in [3.8, 4) is 0 Å². The van der Waals surface area contributed by atoms with E-state index in [0.717, 1.165) is 26.7 Å². The van der Waals surface area contributed by atoms with E-state index in [0.29, 0.717) is 0 Å². The fourth-order valence-corrected chi connectivity index (χ4v) is 7.98. The summed E-state index contributed by atoms with van der Waals surface area (Å²) in [5, 5.41) is 14.0. The SMILES string of the molecule is Cc1cccc2c1C1(O)c3c(Br)cccc3C2(C)c2cccc([Si](C)(C)C)c21. The van der Waals surface area contributed by atoms with Gasteiger partial charge in [-0.25, -0.2) is 0 Å². The van der Waals surface area contributed by atoms with Gasteiger partial charge in [-0.05, 0) is 53.3 Å². The summed E-state index contributed by atoms with van der Waals surface area (Å²) in [6.07, 6.45) is 0. The van der Waals surface area contributed by atoms with Crippen LogP contribution in [0.4, 0.5) is 0 Å². The topological polar surface area (TPSA) is 20.2 Å². The third kappa shape index (κ3) is 1.95. The van der Waals surface area contributed by atoms with E-state index >= 15 is 0 Å². The van der Waals surface area contributed by atoms with Gasteiger partial charge in [-0.3, -0.25) is 0 Å². The highest BCUT2D eigenvalue weighted by Crippen LogP contribution is 2.62. The highest BCUT2D eigenvalue weighted by atomic mass is 79.9. The summed E-state index contributed by atoms with van der Waals surface area (Å²) in [4.78, 5) is 0. The molecule has 2 bridgehead atoms. The van der Waals surface area contributed by atoms with Gasteiger partial charge in [0.2, 0.25) is 0 Å². The normalized spacial score (nSPS) is 24.5. The lowest BCUT2D eigenvalue weighted by atomic mass is 9.51. The lowest BCUT2D eigenvalue weighted by Crippen LogP contribution is -2.56. The average Bonchev–Trinajstić information content (AvgIpc) is 2.63. The standard InChI is InChI=1S/C25H25BrOSi/c1-15-9-6-10-16-21(15)25(27)22-17(11-7-13-19(22)26)24(16,2)18-12-8-14-20(23(18)25)28(3,4)5/h6-14,27H,1-5H3. The minimum atomic E-state index is -1.68. The lowest BCUT2D eigenvalue weighted by molar-refractivity contribution is 0.107. The zero-order valence-electron chi connectivity index (χ0n) is 17.0. The fraction of sp³-hybridized carbons (Fsp3) is 0.280. The Bertz CT molecular complexity index is 1100. The molecule has 3 aliphatic carbocycles. The number of halogens is 1. The summed E-state index contributed by atoms with van der Waals surface area (Å²) < 4.78 is 0.989. The van der Waals surface area contributed by atoms with Gasteiger partial charge in [0.1, 0.15) is 5.60 Å². The van der Waals surface area contributed by atoms with Crippen LogP contribution in [-0.2, 0) is 11.0 Å². The number of aliphatic hydroxyl groups is 1. The number of hydrogen-bond acceptors (Lipinski definition) is 1. The molecule has 3 aromatic rings. The van der Waals surface area contributed by atoms with Crippen molar-refractivity contribution in [2.24, 2.45) is 0 Å². The van der Waals surface area contributed by atoms with Gasteiger partial charge in [0, 0.05) is 15.5 Å². The number of benzene rings is 3. The largest absolute Gasteiger partial charge is 0.376 e. The molecule has 0 heterocycles. The van der Waals surface area contributed by atoms with Crippen LogP contribution in [0, 0.1) is 6.92 Å². The molecule has 0 fully saturated rings. The van der Waals surface area contributed by atoms with Gasteiger partial charge < -0.3 is 5.11 Å². The first-order chi connectivity index (χ1) is 13.1. The third-order valence-electron chi connectivity index (χ3n) is 6.86. The molecule has 0 spiro atoms. The van der Waals surface area contributed by atoms with Gasteiger partial charge in [-0.1, -0.05) is 89.3 Å². The zero-order chi connectivity index (χ0) is 20.1. The molecule has 1 N–H and O–H groups in total.